The van der Waals surface area contributed by atoms with Crippen molar-refractivity contribution in [3.63, 3.8) is 0 Å². The Kier molecular flexibility index (Phi) is 6.42. The third kappa shape index (κ3) is 4.89. The summed E-state index contributed by atoms with van der Waals surface area (Å²) in [5.41, 5.74) is 0.920. The molecule has 3 nitrogen and oxygen atoms in total. The maximum absolute atomic E-state index is 9.33. The van der Waals surface area contributed by atoms with Crippen molar-refractivity contribution in [3.8, 4) is 0 Å². The SMILES string of the molecule is O/N=C(/CC1CCC(C2CCCCC2)CC1)Nc1ccc(Cl)cc1. The molecule has 132 valence electrons. The number of hydrogen-bond donors (Lipinski definition) is 2. The first-order chi connectivity index (χ1) is 11.7. The van der Waals surface area contributed by atoms with Crippen molar-refractivity contribution in [1.29, 1.82) is 0 Å². The molecule has 0 radical (unpaired) electrons. The van der Waals surface area contributed by atoms with Crippen molar-refractivity contribution in [1.82, 2.24) is 0 Å². The van der Waals surface area contributed by atoms with Gasteiger partial charge in [-0.15, -0.1) is 0 Å². The fourth-order valence-corrected chi connectivity index (χ4v) is 4.69. The average molecular weight is 349 g/mol. The molecule has 2 fully saturated rings. The van der Waals surface area contributed by atoms with Gasteiger partial charge in [-0.2, -0.15) is 0 Å². The summed E-state index contributed by atoms with van der Waals surface area (Å²) in [6.07, 6.45) is 13.3. The molecule has 2 aliphatic rings. The highest BCUT2D eigenvalue weighted by Gasteiger charge is 2.29. The Labute approximate surface area is 150 Å². The van der Waals surface area contributed by atoms with Gasteiger partial charge in [0.2, 0.25) is 0 Å². The number of benzene rings is 1. The third-order valence-electron chi connectivity index (χ3n) is 5.94. The minimum atomic E-state index is 0.635. The van der Waals surface area contributed by atoms with Gasteiger partial charge >= 0.3 is 0 Å². The Morgan fingerprint density at radius 1 is 0.958 bits per heavy atom. The predicted octanol–water partition coefficient (Wildman–Crippen LogP) is 6.32. The lowest BCUT2D eigenvalue weighted by molar-refractivity contribution is 0.169. The van der Waals surface area contributed by atoms with Crippen molar-refractivity contribution >= 4 is 23.1 Å². The molecule has 0 saturated heterocycles. The number of rotatable bonds is 4. The molecule has 0 atom stereocenters. The molecule has 0 amide bonds. The number of hydrogen-bond acceptors (Lipinski definition) is 2. The Hall–Kier alpha value is -1.22. The van der Waals surface area contributed by atoms with Crippen molar-refractivity contribution in [2.24, 2.45) is 22.9 Å². The van der Waals surface area contributed by atoms with Gasteiger partial charge in [0.15, 0.2) is 0 Å². The van der Waals surface area contributed by atoms with Crippen LogP contribution in [0.15, 0.2) is 29.4 Å². The van der Waals surface area contributed by atoms with E-state index in [1.807, 2.05) is 24.3 Å². The van der Waals surface area contributed by atoms with Crippen molar-refractivity contribution in [3.05, 3.63) is 29.3 Å². The molecule has 0 aromatic heterocycles. The summed E-state index contributed by atoms with van der Waals surface area (Å²) in [6.45, 7) is 0. The van der Waals surface area contributed by atoms with Crippen LogP contribution in [-0.4, -0.2) is 11.0 Å². The Morgan fingerprint density at radius 2 is 1.58 bits per heavy atom. The highest BCUT2D eigenvalue weighted by molar-refractivity contribution is 6.30. The molecule has 4 heteroatoms. The lowest BCUT2D eigenvalue weighted by atomic mass is 9.70. The van der Waals surface area contributed by atoms with Gasteiger partial charge in [0.05, 0.1) is 0 Å². The van der Waals surface area contributed by atoms with Crippen LogP contribution in [0.25, 0.3) is 0 Å². The molecule has 0 spiro atoms. The molecular weight excluding hydrogens is 320 g/mol. The maximum atomic E-state index is 9.33. The Balaban J connectivity index is 1.46. The monoisotopic (exact) mass is 348 g/mol. The van der Waals surface area contributed by atoms with E-state index in [9.17, 15) is 5.21 Å². The summed E-state index contributed by atoms with van der Waals surface area (Å²) in [7, 11) is 0. The van der Waals surface area contributed by atoms with Crippen LogP contribution in [0, 0.1) is 17.8 Å². The molecule has 0 heterocycles. The van der Waals surface area contributed by atoms with Gasteiger partial charge in [0.1, 0.15) is 5.84 Å². The van der Waals surface area contributed by atoms with E-state index in [0.29, 0.717) is 16.8 Å². The van der Waals surface area contributed by atoms with Crippen LogP contribution in [0.5, 0.6) is 0 Å². The topological polar surface area (TPSA) is 44.6 Å². The van der Waals surface area contributed by atoms with Crippen molar-refractivity contribution in [2.75, 3.05) is 5.32 Å². The summed E-state index contributed by atoms with van der Waals surface area (Å²) >= 11 is 5.91. The van der Waals surface area contributed by atoms with Crippen LogP contribution in [-0.2, 0) is 0 Å². The third-order valence-corrected chi connectivity index (χ3v) is 6.20. The standard InChI is InChI=1S/C20H29ClN2O/c21-18-10-12-19(13-11-18)22-20(23-24)14-15-6-8-17(9-7-15)16-4-2-1-3-5-16/h10-13,15-17,24H,1-9,14H2,(H,22,23). The zero-order valence-electron chi connectivity index (χ0n) is 14.4. The van der Waals surface area contributed by atoms with Gasteiger partial charge < -0.3 is 10.5 Å². The summed E-state index contributed by atoms with van der Waals surface area (Å²) in [6, 6.07) is 7.50. The number of anilines is 1. The Morgan fingerprint density at radius 3 is 2.21 bits per heavy atom. The molecule has 1 aromatic rings. The Bertz CT molecular complexity index is 529. The van der Waals surface area contributed by atoms with Crippen LogP contribution in [0.1, 0.15) is 64.2 Å². The number of amidine groups is 1. The van der Waals surface area contributed by atoms with E-state index >= 15 is 0 Å². The first kappa shape index (κ1) is 17.6. The second-order valence-electron chi connectivity index (χ2n) is 7.56. The van der Waals surface area contributed by atoms with E-state index in [2.05, 4.69) is 10.5 Å². The van der Waals surface area contributed by atoms with E-state index in [1.54, 1.807) is 0 Å². The zero-order valence-corrected chi connectivity index (χ0v) is 15.1. The van der Waals surface area contributed by atoms with E-state index in [-0.39, 0.29) is 0 Å². The summed E-state index contributed by atoms with van der Waals surface area (Å²) in [5.74, 6) is 3.23. The maximum Gasteiger partial charge on any atom is 0.146 e. The summed E-state index contributed by atoms with van der Waals surface area (Å²) in [5, 5.41) is 16.7. The van der Waals surface area contributed by atoms with E-state index < -0.39 is 0 Å². The van der Waals surface area contributed by atoms with Crippen molar-refractivity contribution < 1.29 is 5.21 Å². The number of halogens is 1. The molecule has 2 aliphatic carbocycles. The largest absolute Gasteiger partial charge is 0.409 e. The second kappa shape index (κ2) is 8.75. The van der Waals surface area contributed by atoms with Gasteiger partial charge in [0.25, 0.3) is 0 Å². The fourth-order valence-electron chi connectivity index (χ4n) is 4.56. The minimum absolute atomic E-state index is 0.635. The van der Waals surface area contributed by atoms with E-state index in [4.69, 9.17) is 11.6 Å². The molecule has 0 bridgehead atoms. The van der Waals surface area contributed by atoms with Crippen LogP contribution in [0.2, 0.25) is 5.02 Å². The molecule has 24 heavy (non-hydrogen) atoms. The lowest BCUT2D eigenvalue weighted by Gasteiger charge is -2.36. The van der Waals surface area contributed by atoms with Gasteiger partial charge in [-0.1, -0.05) is 48.9 Å². The predicted molar refractivity (Wildman–Crippen MR) is 101 cm³/mol. The van der Waals surface area contributed by atoms with E-state index in [1.165, 1.54) is 57.8 Å². The average Bonchev–Trinajstić information content (AvgIpc) is 2.64. The van der Waals surface area contributed by atoms with Gasteiger partial charge in [-0.25, -0.2) is 0 Å². The summed E-state index contributed by atoms with van der Waals surface area (Å²) in [4.78, 5) is 0. The van der Waals surface area contributed by atoms with Gasteiger partial charge in [-0.05, 0) is 67.7 Å². The lowest BCUT2D eigenvalue weighted by Crippen LogP contribution is -2.26. The highest BCUT2D eigenvalue weighted by Crippen LogP contribution is 2.40. The number of nitrogens with zero attached hydrogens (tertiary/aromatic N) is 1. The zero-order chi connectivity index (χ0) is 16.8. The summed E-state index contributed by atoms with van der Waals surface area (Å²) < 4.78 is 0. The van der Waals surface area contributed by atoms with Crippen molar-refractivity contribution in [2.45, 2.75) is 64.2 Å². The normalized spacial score (nSPS) is 26.3. The van der Waals surface area contributed by atoms with Gasteiger partial charge in [-0.3, -0.25) is 0 Å². The van der Waals surface area contributed by atoms with Crippen LogP contribution in [0.4, 0.5) is 5.69 Å². The molecule has 0 unspecified atom stereocenters. The molecule has 3 rings (SSSR count). The molecule has 2 N–H and O–H groups in total. The second-order valence-corrected chi connectivity index (χ2v) is 8.00. The molecule has 1 aromatic carbocycles. The van der Waals surface area contributed by atoms with Gasteiger partial charge in [0, 0.05) is 17.1 Å². The molecule has 2 saturated carbocycles. The quantitative estimate of drug-likeness (QED) is 0.289. The number of nitrogens with one attached hydrogen (secondary N) is 1. The molecular formula is C20H29ClN2O. The fraction of sp³-hybridized carbons (Fsp3) is 0.650. The smallest absolute Gasteiger partial charge is 0.146 e. The number of oxime groups is 1. The molecule has 0 aliphatic heterocycles. The van der Waals surface area contributed by atoms with Crippen LogP contribution >= 0.6 is 11.6 Å². The minimum Gasteiger partial charge on any atom is -0.409 e. The van der Waals surface area contributed by atoms with E-state index in [0.717, 1.165) is 23.9 Å². The van der Waals surface area contributed by atoms with Crippen LogP contribution in [0.3, 0.4) is 0 Å². The first-order valence-corrected chi connectivity index (χ1v) is 9.86. The highest BCUT2D eigenvalue weighted by atomic mass is 35.5. The first-order valence-electron chi connectivity index (χ1n) is 9.48. The van der Waals surface area contributed by atoms with Crippen LogP contribution < -0.4 is 5.32 Å².